The van der Waals surface area contributed by atoms with Crippen LogP contribution in [0.25, 0.3) is 0 Å². The van der Waals surface area contributed by atoms with Crippen LogP contribution >= 0.6 is 0 Å². The van der Waals surface area contributed by atoms with Gasteiger partial charge in [-0.05, 0) is 31.5 Å². The highest BCUT2D eigenvalue weighted by Crippen LogP contribution is 2.23. The van der Waals surface area contributed by atoms with E-state index in [1.165, 1.54) is 7.11 Å². The third-order valence-corrected chi connectivity index (χ3v) is 3.94. The van der Waals surface area contributed by atoms with E-state index in [4.69, 9.17) is 9.47 Å². The molecule has 0 aliphatic rings. The van der Waals surface area contributed by atoms with Crippen LogP contribution in [0.1, 0.15) is 18.9 Å². The summed E-state index contributed by atoms with van der Waals surface area (Å²) < 4.78 is 36.3. The second kappa shape index (κ2) is 8.08. The van der Waals surface area contributed by atoms with Crippen molar-refractivity contribution >= 4 is 15.7 Å². The average Bonchev–Trinajstić information content (AvgIpc) is 2.40. The maximum atomic E-state index is 11.8. The van der Waals surface area contributed by atoms with Gasteiger partial charge in [-0.25, -0.2) is 8.42 Å². The molecule has 0 aliphatic carbocycles. The van der Waals surface area contributed by atoms with Crippen LogP contribution in [0, 0.1) is 0 Å². The summed E-state index contributed by atoms with van der Waals surface area (Å²) in [7, 11) is -1.88. The molecule has 0 atom stereocenters. The SMILES string of the molecule is CCOc1ccc(NS(=O)(=O)CCCOC)cc1CO. The van der Waals surface area contributed by atoms with Crippen LogP contribution in [0.15, 0.2) is 18.2 Å². The van der Waals surface area contributed by atoms with E-state index in [0.717, 1.165) is 0 Å². The van der Waals surface area contributed by atoms with Gasteiger partial charge in [0.2, 0.25) is 10.0 Å². The van der Waals surface area contributed by atoms with Crippen LogP contribution in [0.3, 0.4) is 0 Å². The van der Waals surface area contributed by atoms with Crippen molar-refractivity contribution in [2.45, 2.75) is 20.0 Å². The number of aliphatic hydroxyl groups is 1. The predicted octanol–water partition coefficient (Wildman–Crippen LogP) is 1.36. The lowest BCUT2D eigenvalue weighted by Crippen LogP contribution is -2.18. The van der Waals surface area contributed by atoms with Crippen LogP contribution in [-0.4, -0.2) is 39.6 Å². The molecule has 0 bridgehead atoms. The molecular weight excluding hydrogens is 282 g/mol. The molecule has 6 nitrogen and oxygen atoms in total. The van der Waals surface area contributed by atoms with Crippen molar-refractivity contribution in [2.75, 3.05) is 30.8 Å². The summed E-state index contributed by atoms with van der Waals surface area (Å²) in [5.41, 5.74) is 0.957. The Hall–Kier alpha value is -1.31. The Morgan fingerprint density at radius 2 is 2.10 bits per heavy atom. The number of sulfonamides is 1. The second-order valence-electron chi connectivity index (χ2n) is 4.18. The van der Waals surface area contributed by atoms with Gasteiger partial charge in [-0.3, -0.25) is 4.72 Å². The highest BCUT2D eigenvalue weighted by molar-refractivity contribution is 7.92. The third-order valence-electron chi connectivity index (χ3n) is 2.57. The molecule has 20 heavy (non-hydrogen) atoms. The Balaban J connectivity index is 2.77. The molecule has 0 spiro atoms. The minimum Gasteiger partial charge on any atom is -0.494 e. The number of hydrogen-bond acceptors (Lipinski definition) is 5. The quantitative estimate of drug-likeness (QED) is 0.673. The van der Waals surface area contributed by atoms with E-state index in [0.29, 0.717) is 36.6 Å². The van der Waals surface area contributed by atoms with Crippen molar-refractivity contribution in [1.82, 2.24) is 0 Å². The maximum Gasteiger partial charge on any atom is 0.232 e. The number of hydrogen-bond donors (Lipinski definition) is 2. The van der Waals surface area contributed by atoms with Crippen molar-refractivity contribution in [1.29, 1.82) is 0 Å². The Morgan fingerprint density at radius 1 is 1.35 bits per heavy atom. The fraction of sp³-hybridized carbons (Fsp3) is 0.538. The maximum absolute atomic E-state index is 11.8. The Morgan fingerprint density at radius 3 is 2.70 bits per heavy atom. The standard InChI is InChI=1S/C13H21NO5S/c1-3-19-13-6-5-12(9-11(13)10-15)14-20(16,17)8-4-7-18-2/h5-6,9,14-15H,3-4,7-8,10H2,1-2H3. The van der Waals surface area contributed by atoms with Gasteiger partial charge < -0.3 is 14.6 Å². The molecule has 1 aromatic rings. The fourth-order valence-corrected chi connectivity index (χ4v) is 2.77. The fourth-order valence-electron chi connectivity index (χ4n) is 1.69. The summed E-state index contributed by atoms with van der Waals surface area (Å²) in [6.45, 7) is 2.50. The first kappa shape index (κ1) is 16.7. The molecule has 1 rings (SSSR count). The van der Waals surface area contributed by atoms with Gasteiger partial charge in [0, 0.05) is 25.0 Å². The molecule has 7 heteroatoms. The minimum atomic E-state index is -3.41. The van der Waals surface area contributed by atoms with Crippen molar-refractivity contribution in [3.05, 3.63) is 23.8 Å². The Labute approximate surface area is 119 Å². The highest BCUT2D eigenvalue weighted by Gasteiger charge is 2.12. The number of rotatable bonds is 9. The monoisotopic (exact) mass is 303 g/mol. The molecule has 114 valence electrons. The Kier molecular flexibility index (Phi) is 6.77. The summed E-state index contributed by atoms with van der Waals surface area (Å²) in [5, 5.41) is 9.27. The van der Waals surface area contributed by atoms with E-state index in [1.54, 1.807) is 18.2 Å². The molecular formula is C13H21NO5S. The summed E-state index contributed by atoms with van der Waals surface area (Å²) in [5.74, 6) is 0.542. The zero-order valence-corrected chi connectivity index (χ0v) is 12.6. The lowest BCUT2D eigenvalue weighted by Gasteiger charge is -2.12. The molecule has 0 heterocycles. The summed E-state index contributed by atoms with van der Waals surface area (Å²) >= 11 is 0. The lowest BCUT2D eigenvalue weighted by molar-refractivity contribution is 0.199. The van der Waals surface area contributed by atoms with Gasteiger partial charge in [0.25, 0.3) is 0 Å². The van der Waals surface area contributed by atoms with E-state index in [-0.39, 0.29) is 12.4 Å². The normalized spacial score (nSPS) is 11.3. The zero-order chi connectivity index (χ0) is 15.0. The van der Waals surface area contributed by atoms with E-state index in [1.807, 2.05) is 6.92 Å². The highest BCUT2D eigenvalue weighted by atomic mass is 32.2. The number of benzene rings is 1. The van der Waals surface area contributed by atoms with Gasteiger partial charge in [-0.1, -0.05) is 0 Å². The smallest absolute Gasteiger partial charge is 0.232 e. The van der Waals surface area contributed by atoms with Crippen molar-refractivity contribution in [3.8, 4) is 5.75 Å². The second-order valence-corrected chi connectivity index (χ2v) is 6.02. The van der Waals surface area contributed by atoms with Gasteiger partial charge in [0.1, 0.15) is 5.75 Å². The number of ether oxygens (including phenoxy) is 2. The third kappa shape index (κ3) is 5.36. The predicted molar refractivity (Wildman–Crippen MR) is 77.4 cm³/mol. The van der Waals surface area contributed by atoms with E-state index >= 15 is 0 Å². The molecule has 1 aromatic carbocycles. The molecule has 0 aromatic heterocycles. The molecule has 0 radical (unpaired) electrons. The molecule has 0 amide bonds. The van der Waals surface area contributed by atoms with E-state index in [9.17, 15) is 13.5 Å². The van der Waals surface area contributed by atoms with Crippen LogP contribution in [0.4, 0.5) is 5.69 Å². The average molecular weight is 303 g/mol. The summed E-state index contributed by atoms with van der Waals surface area (Å²) in [6, 6.07) is 4.82. The molecule has 0 saturated heterocycles. The zero-order valence-electron chi connectivity index (χ0n) is 11.8. The molecule has 0 saturated carbocycles. The summed E-state index contributed by atoms with van der Waals surface area (Å²) in [4.78, 5) is 0. The van der Waals surface area contributed by atoms with E-state index in [2.05, 4.69) is 4.72 Å². The van der Waals surface area contributed by atoms with Gasteiger partial charge >= 0.3 is 0 Å². The molecule has 0 unspecified atom stereocenters. The van der Waals surface area contributed by atoms with Crippen LogP contribution in [0.5, 0.6) is 5.75 Å². The van der Waals surface area contributed by atoms with Crippen molar-refractivity contribution in [2.24, 2.45) is 0 Å². The van der Waals surface area contributed by atoms with Gasteiger partial charge in [-0.15, -0.1) is 0 Å². The summed E-state index contributed by atoms with van der Waals surface area (Å²) in [6.07, 6.45) is 0.426. The molecule has 0 aliphatic heterocycles. The van der Waals surface area contributed by atoms with E-state index < -0.39 is 10.0 Å². The first-order valence-electron chi connectivity index (χ1n) is 6.38. The van der Waals surface area contributed by atoms with Gasteiger partial charge in [0.15, 0.2) is 0 Å². The van der Waals surface area contributed by atoms with Crippen molar-refractivity contribution < 1.29 is 23.0 Å². The van der Waals surface area contributed by atoms with Crippen molar-refractivity contribution in [3.63, 3.8) is 0 Å². The van der Waals surface area contributed by atoms with Gasteiger partial charge in [-0.2, -0.15) is 0 Å². The number of nitrogens with one attached hydrogen (secondary N) is 1. The Bertz CT molecular complexity index is 515. The lowest BCUT2D eigenvalue weighted by atomic mass is 10.2. The first-order valence-corrected chi connectivity index (χ1v) is 8.03. The first-order chi connectivity index (χ1) is 9.52. The largest absolute Gasteiger partial charge is 0.494 e. The molecule has 0 fully saturated rings. The molecule has 2 N–H and O–H groups in total. The topological polar surface area (TPSA) is 84.9 Å². The number of methoxy groups -OCH3 is 1. The number of anilines is 1. The minimum absolute atomic E-state index is 0.0114. The van der Waals surface area contributed by atoms with Gasteiger partial charge in [0.05, 0.1) is 19.0 Å². The van der Waals surface area contributed by atoms with Crippen LogP contribution in [0.2, 0.25) is 0 Å². The number of aliphatic hydroxyl groups excluding tert-OH is 1. The van der Waals surface area contributed by atoms with Crippen LogP contribution in [-0.2, 0) is 21.4 Å². The van der Waals surface area contributed by atoms with Crippen LogP contribution < -0.4 is 9.46 Å².